The van der Waals surface area contributed by atoms with Crippen LogP contribution in [0, 0.1) is 0 Å². The second-order valence-corrected chi connectivity index (χ2v) is 10.8. The Labute approximate surface area is 252 Å². The predicted octanol–water partition coefficient (Wildman–Crippen LogP) is 10.3. The molecule has 0 unspecified atom stereocenters. The summed E-state index contributed by atoms with van der Waals surface area (Å²) in [6.45, 7) is 0. The Bertz CT molecular complexity index is 2490. The normalized spacial score (nSPS) is 11.6. The Morgan fingerprint density at radius 2 is 0.886 bits per heavy atom. The molecule has 0 fully saturated rings. The van der Waals surface area contributed by atoms with Crippen molar-refractivity contribution in [2.24, 2.45) is 0 Å². The molecule has 9 aromatic rings. The van der Waals surface area contributed by atoms with Crippen LogP contribution in [0.25, 0.3) is 89.2 Å². The Balaban J connectivity index is 1.25. The van der Waals surface area contributed by atoms with Crippen molar-refractivity contribution in [3.8, 4) is 45.3 Å². The lowest BCUT2D eigenvalue weighted by Crippen LogP contribution is -2.00. The summed E-state index contributed by atoms with van der Waals surface area (Å²) in [7, 11) is 0. The molecule has 0 spiro atoms. The summed E-state index contributed by atoms with van der Waals surface area (Å²) < 4.78 is 12.4. The van der Waals surface area contributed by atoms with Gasteiger partial charge in [0.2, 0.25) is 0 Å². The van der Waals surface area contributed by atoms with Gasteiger partial charge in [0.05, 0.1) is 0 Å². The number of rotatable bonds is 4. The molecule has 0 atom stereocenters. The fourth-order valence-corrected chi connectivity index (χ4v) is 6.02. The molecule has 0 saturated heterocycles. The van der Waals surface area contributed by atoms with E-state index >= 15 is 0 Å². The smallest absolute Gasteiger partial charge is 0.164 e. The maximum atomic E-state index is 6.21. The standard InChI is InChI=1S/C39H23N3O2/c1-2-9-24(10-3-1)25-17-19-26(20-18-25)37-40-38(27-21-22-29-28-11-4-6-14-32(28)44-35(29)23-27)42-39(41-37)31-13-8-16-34-36(31)30-12-5-7-15-33(30)43-34/h1-23H. The number of benzene rings is 6. The van der Waals surface area contributed by atoms with Crippen molar-refractivity contribution in [2.75, 3.05) is 0 Å². The minimum Gasteiger partial charge on any atom is -0.456 e. The molecule has 0 amide bonds. The highest BCUT2D eigenvalue weighted by Gasteiger charge is 2.18. The molecule has 0 aliphatic heterocycles. The molecule has 6 aromatic carbocycles. The maximum absolute atomic E-state index is 6.21. The monoisotopic (exact) mass is 565 g/mol. The average molecular weight is 566 g/mol. The second-order valence-electron chi connectivity index (χ2n) is 10.8. The van der Waals surface area contributed by atoms with Gasteiger partial charge in [0, 0.05) is 38.2 Å². The van der Waals surface area contributed by atoms with E-state index in [-0.39, 0.29) is 0 Å². The van der Waals surface area contributed by atoms with Crippen LogP contribution in [-0.4, -0.2) is 15.0 Å². The van der Waals surface area contributed by atoms with Crippen LogP contribution in [-0.2, 0) is 0 Å². The first-order valence-corrected chi connectivity index (χ1v) is 14.5. The van der Waals surface area contributed by atoms with Gasteiger partial charge >= 0.3 is 0 Å². The number of hydrogen-bond donors (Lipinski definition) is 0. The number of para-hydroxylation sites is 2. The molecule has 9 rings (SSSR count). The number of nitrogens with zero attached hydrogens (tertiary/aromatic N) is 3. The first-order valence-electron chi connectivity index (χ1n) is 14.5. The van der Waals surface area contributed by atoms with Crippen LogP contribution < -0.4 is 0 Å². The van der Waals surface area contributed by atoms with Gasteiger partial charge in [-0.2, -0.15) is 0 Å². The van der Waals surface area contributed by atoms with Crippen LogP contribution in [0.5, 0.6) is 0 Å². The molecule has 5 heteroatoms. The molecule has 0 saturated carbocycles. The Kier molecular flexibility index (Phi) is 5.43. The van der Waals surface area contributed by atoms with Crippen LogP contribution in [0.4, 0.5) is 0 Å². The van der Waals surface area contributed by atoms with Gasteiger partial charge in [-0.1, -0.05) is 109 Å². The van der Waals surface area contributed by atoms with Gasteiger partial charge in [-0.3, -0.25) is 0 Å². The van der Waals surface area contributed by atoms with Gasteiger partial charge in [0.1, 0.15) is 22.3 Å². The molecule has 44 heavy (non-hydrogen) atoms. The number of furan rings is 2. The summed E-state index contributed by atoms with van der Waals surface area (Å²) in [4.78, 5) is 15.1. The lowest BCUT2D eigenvalue weighted by Gasteiger charge is -2.10. The van der Waals surface area contributed by atoms with Gasteiger partial charge in [-0.15, -0.1) is 0 Å². The average Bonchev–Trinajstić information content (AvgIpc) is 3.66. The zero-order valence-electron chi connectivity index (χ0n) is 23.4. The fraction of sp³-hybridized carbons (Fsp3) is 0. The molecule has 5 nitrogen and oxygen atoms in total. The lowest BCUT2D eigenvalue weighted by atomic mass is 10.0. The molecule has 3 heterocycles. The summed E-state index contributed by atoms with van der Waals surface area (Å²) in [6, 6.07) is 47.0. The van der Waals surface area contributed by atoms with Gasteiger partial charge in [-0.05, 0) is 41.5 Å². The Morgan fingerprint density at radius 3 is 1.70 bits per heavy atom. The van der Waals surface area contributed by atoms with E-state index in [1.54, 1.807) is 0 Å². The van der Waals surface area contributed by atoms with Crippen molar-refractivity contribution in [3.05, 3.63) is 140 Å². The van der Waals surface area contributed by atoms with E-state index in [4.69, 9.17) is 23.8 Å². The third-order valence-corrected chi connectivity index (χ3v) is 8.17. The molecule has 0 N–H and O–H groups in total. The Morgan fingerprint density at radius 1 is 0.341 bits per heavy atom. The first kappa shape index (κ1) is 24.5. The van der Waals surface area contributed by atoms with E-state index in [0.29, 0.717) is 17.5 Å². The van der Waals surface area contributed by atoms with Gasteiger partial charge in [-0.25, -0.2) is 15.0 Å². The van der Waals surface area contributed by atoms with Crippen LogP contribution in [0.1, 0.15) is 0 Å². The minimum atomic E-state index is 0.573. The molecule has 0 bridgehead atoms. The topological polar surface area (TPSA) is 65.0 Å². The third kappa shape index (κ3) is 3.98. The number of aromatic nitrogens is 3. The summed E-state index contributed by atoms with van der Waals surface area (Å²) in [5.74, 6) is 1.75. The van der Waals surface area contributed by atoms with Crippen LogP contribution in [0.2, 0.25) is 0 Å². The van der Waals surface area contributed by atoms with E-state index < -0.39 is 0 Å². The fourth-order valence-electron chi connectivity index (χ4n) is 6.02. The highest BCUT2D eigenvalue weighted by molar-refractivity contribution is 6.12. The van der Waals surface area contributed by atoms with E-state index in [1.807, 2.05) is 78.9 Å². The summed E-state index contributed by atoms with van der Waals surface area (Å²) in [6.07, 6.45) is 0. The zero-order valence-corrected chi connectivity index (χ0v) is 23.4. The van der Waals surface area contributed by atoms with E-state index in [2.05, 4.69) is 60.7 Å². The lowest BCUT2D eigenvalue weighted by molar-refractivity contribution is 0.668. The van der Waals surface area contributed by atoms with E-state index in [0.717, 1.165) is 71.7 Å². The van der Waals surface area contributed by atoms with Gasteiger partial charge < -0.3 is 8.83 Å². The first-order chi connectivity index (χ1) is 21.8. The summed E-state index contributed by atoms with van der Waals surface area (Å²) in [5, 5.41) is 4.16. The molecule has 0 aliphatic carbocycles. The molecule has 3 aromatic heterocycles. The SMILES string of the molecule is c1ccc(-c2ccc(-c3nc(-c4ccc5c(c4)oc4ccccc45)nc(-c4cccc5oc6ccccc6c45)n3)cc2)cc1. The molecular formula is C39H23N3O2. The molecule has 0 radical (unpaired) electrons. The predicted molar refractivity (Wildman–Crippen MR) is 176 cm³/mol. The molecular weight excluding hydrogens is 542 g/mol. The van der Waals surface area contributed by atoms with Gasteiger partial charge in [0.15, 0.2) is 17.5 Å². The van der Waals surface area contributed by atoms with Crippen LogP contribution >= 0.6 is 0 Å². The van der Waals surface area contributed by atoms with Gasteiger partial charge in [0.25, 0.3) is 0 Å². The quantitative estimate of drug-likeness (QED) is 0.212. The van der Waals surface area contributed by atoms with Crippen molar-refractivity contribution < 1.29 is 8.83 Å². The number of hydrogen-bond acceptors (Lipinski definition) is 5. The number of fused-ring (bicyclic) bond motifs is 6. The maximum Gasteiger partial charge on any atom is 0.164 e. The summed E-state index contributed by atoms with van der Waals surface area (Å²) >= 11 is 0. The minimum absolute atomic E-state index is 0.573. The third-order valence-electron chi connectivity index (χ3n) is 8.17. The molecule has 0 aliphatic rings. The van der Waals surface area contributed by atoms with Crippen LogP contribution in [0.15, 0.2) is 148 Å². The van der Waals surface area contributed by atoms with E-state index in [1.165, 1.54) is 0 Å². The Hall–Kier alpha value is -6.07. The highest BCUT2D eigenvalue weighted by atomic mass is 16.3. The second kappa shape index (κ2) is 9.75. The van der Waals surface area contributed by atoms with E-state index in [9.17, 15) is 0 Å². The zero-order chi connectivity index (χ0) is 29.0. The van der Waals surface area contributed by atoms with Crippen molar-refractivity contribution in [3.63, 3.8) is 0 Å². The van der Waals surface area contributed by atoms with Crippen molar-refractivity contribution >= 4 is 43.9 Å². The summed E-state index contributed by atoms with van der Waals surface area (Å²) in [5.41, 5.74) is 8.22. The molecule has 206 valence electrons. The van der Waals surface area contributed by atoms with Crippen LogP contribution in [0.3, 0.4) is 0 Å². The highest BCUT2D eigenvalue weighted by Crippen LogP contribution is 2.37. The van der Waals surface area contributed by atoms with Crippen molar-refractivity contribution in [1.29, 1.82) is 0 Å². The van der Waals surface area contributed by atoms with Crippen molar-refractivity contribution in [1.82, 2.24) is 15.0 Å². The largest absolute Gasteiger partial charge is 0.456 e. The van der Waals surface area contributed by atoms with Crippen molar-refractivity contribution in [2.45, 2.75) is 0 Å².